The topological polar surface area (TPSA) is 60.6 Å². The van der Waals surface area contributed by atoms with Crippen LogP contribution in [0.25, 0.3) is 10.9 Å². The third kappa shape index (κ3) is 6.79. The lowest BCUT2D eigenvalue weighted by molar-refractivity contribution is 0.281. The number of aromatic amines is 1. The summed E-state index contributed by atoms with van der Waals surface area (Å²) in [6.45, 7) is 10.6. The second-order valence-electron chi connectivity index (χ2n) is 8.18. The molecule has 3 aromatic rings. The number of aryl methyl sites for hydroxylation is 1. The molecule has 6 nitrogen and oxygen atoms in total. The zero-order valence-corrected chi connectivity index (χ0v) is 20.8. The normalized spacial score (nSPS) is 11.1. The van der Waals surface area contributed by atoms with Crippen LogP contribution in [0.2, 0.25) is 0 Å². The van der Waals surface area contributed by atoms with E-state index in [0.717, 1.165) is 60.5 Å². The molecule has 1 aromatic heterocycles. The summed E-state index contributed by atoms with van der Waals surface area (Å²) in [4.78, 5) is 20.3. The van der Waals surface area contributed by atoms with Gasteiger partial charge in [-0.3, -0.25) is 4.79 Å². The Morgan fingerprint density at radius 3 is 2.45 bits per heavy atom. The minimum Gasteiger partial charge on any atom is -0.497 e. The molecule has 0 aliphatic rings. The number of hydrogen-bond acceptors (Lipinski definition) is 4. The average Bonchev–Trinajstić information content (AvgIpc) is 2.82. The Morgan fingerprint density at radius 2 is 1.79 bits per heavy atom. The SMILES string of the molecule is CCN(CC)CCCN(Cc1cc2ccc(C)cc2[nH]c1=O)C(=S)Nc1ccc(OC)cc1. The first kappa shape index (κ1) is 24.7. The van der Waals surface area contributed by atoms with Gasteiger partial charge in [0.15, 0.2) is 5.11 Å². The van der Waals surface area contributed by atoms with Gasteiger partial charge in [-0.25, -0.2) is 0 Å². The quantitative estimate of drug-likeness (QED) is 0.420. The molecular formula is C26H34N4O2S. The highest BCUT2D eigenvalue weighted by Gasteiger charge is 2.14. The molecule has 0 aliphatic heterocycles. The summed E-state index contributed by atoms with van der Waals surface area (Å²) in [6, 6.07) is 15.7. The fourth-order valence-electron chi connectivity index (χ4n) is 3.84. The monoisotopic (exact) mass is 466 g/mol. The molecule has 0 spiro atoms. The van der Waals surface area contributed by atoms with E-state index in [1.54, 1.807) is 7.11 Å². The molecule has 0 atom stereocenters. The molecule has 1 heterocycles. The number of pyridine rings is 1. The number of nitrogens with zero attached hydrogens (tertiary/aromatic N) is 2. The van der Waals surface area contributed by atoms with Crippen molar-refractivity contribution in [1.82, 2.24) is 14.8 Å². The van der Waals surface area contributed by atoms with Crippen molar-refractivity contribution in [3.8, 4) is 5.75 Å². The highest BCUT2D eigenvalue weighted by atomic mass is 32.1. The number of H-pyrrole nitrogens is 1. The van der Waals surface area contributed by atoms with E-state index in [2.05, 4.69) is 40.0 Å². The lowest BCUT2D eigenvalue weighted by Crippen LogP contribution is -2.38. The number of nitrogens with one attached hydrogen (secondary N) is 2. The van der Waals surface area contributed by atoms with Crippen LogP contribution >= 0.6 is 12.2 Å². The number of anilines is 1. The second kappa shape index (κ2) is 11.8. The minimum absolute atomic E-state index is 0.0749. The van der Waals surface area contributed by atoms with E-state index >= 15 is 0 Å². The molecule has 0 fully saturated rings. The molecule has 2 aromatic carbocycles. The van der Waals surface area contributed by atoms with Crippen molar-refractivity contribution in [3.63, 3.8) is 0 Å². The van der Waals surface area contributed by atoms with E-state index in [1.165, 1.54) is 0 Å². The molecule has 0 saturated carbocycles. The summed E-state index contributed by atoms with van der Waals surface area (Å²) >= 11 is 5.77. The van der Waals surface area contributed by atoms with Gasteiger partial charge in [0, 0.05) is 23.3 Å². The van der Waals surface area contributed by atoms with Crippen molar-refractivity contribution in [3.05, 3.63) is 70.0 Å². The Kier molecular flexibility index (Phi) is 8.86. The maximum Gasteiger partial charge on any atom is 0.253 e. The Bertz CT molecular complexity index is 1120. The van der Waals surface area contributed by atoms with Crippen molar-refractivity contribution in [2.75, 3.05) is 38.6 Å². The van der Waals surface area contributed by atoms with E-state index < -0.39 is 0 Å². The van der Waals surface area contributed by atoms with Gasteiger partial charge in [-0.15, -0.1) is 0 Å². The number of aromatic nitrogens is 1. The zero-order valence-electron chi connectivity index (χ0n) is 20.0. The molecule has 0 bridgehead atoms. The lowest BCUT2D eigenvalue weighted by atomic mass is 10.1. The zero-order chi connectivity index (χ0) is 23.8. The molecule has 7 heteroatoms. The molecule has 0 saturated heterocycles. The van der Waals surface area contributed by atoms with Crippen LogP contribution in [0.5, 0.6) is 5.75 Å². The highest BCUT2D eigenvalue weighted by Crippen LogP contribution is 2.17. The largest absolute Gasteiger partial charge is 0.497 e. The molecule has 176 valence electrons. The van der Waals surface area contributed by atoms with Gasteiger partial charge in [0.1, 0.15) is 5.75 Å². The van der Waals surface area contributed by atoms with E-state index in [9.17, 15) is 4.79 Å². The van der Waals surface area contributed by atoms with E-state index in [1.807, 2.05) is 49.4 Å². The van der Waals surface area contributed by atoms with Gasteiger partial charge in [0.05, 0.1) is 13.7 Å². The standard InChI is InChI=1S/C26H34N4O2S/c1-5-29(6-2)14-7-15-30(26(33)27-22-10-12-23(32-4)13-11-22)18-21-17-20-9-8-19(3)16-24(20)28-25(21)31/h8-13,16-17H,5-7,14-15,18H2,1-4H3,(H,27,33)(H,28,31). The molecular weight excluding hydrogens is 432 g/mol. The fourth-order valence-corrected chi connectivity index (χ4v) is 4.11. The predicted octanol–water partition coefficient (Wildman–Crippen LogP) is 4.78. The van der Waals surface area contributed by atoms with Crippen LogP contribution in [0, 0.1) is 6.92 Å². The molecule has 33 heavy (non-hydrogen) atoms. The van der Waals surface area contributed by atoms with Crippen LogP contribution in [0.1, 0.15) is 31.4 Å². The predicted molar refractivity (Wildman–Crippen MR) is 141 cm³/mol. The van der Waals surface area contributed by atoms with Crippen molar-refractivity contribution in [2.45, 2.75) is 33.7 Å². The first-order valence-corrected chi connectivity index (χ1v) is 11.9. The number of benzene rings is 2. The van der Waals surface area contributed by atoms with E-state index in [4.69, 9.17) is 17.0 Å². The summed E-state index contributed by atoms with van der Waals surface area (Å²) in [6.07, 6.45) is 0.955. The molecule has 0 unspecified atom stereocenters. The number of fused-ring (bicyclic) bond motifs is 1. The minimum atomic E-state index is -0.0749. The highest BCUT2D eigenvalue weighted by molar-refractivity contribution is 7.80. The van der Waals surface area contributed by atoms with Crippen LogP contribution in [-0.4, -0.2) is 53.2 Å². The Labute approximate surface area is 201 Å². The van der Waals surface area contributed by atoms with Crippen LogP contribution in [0.4, 0.5) is 5.69 Å². The summed E-state index contributed by atoms with van der Waals surface area (Å²) in [7, 11) is 1.65. The number of hydrogen-bond donors (Lipinski definition) is 2. The van der Waals surface area contributed by atoms with Crippen LogP contribution in [0.15, 0.2) is 53.3 Å². The average molecular weight is 467 g/mol. The van der Waals surface area contributed by atoms with Gasteiger partial charge in [0.25, 0.3) is 5.56 Å². The van der Waals surface area contributed by atoms with E-state index in [0.29, 0.717) is 17.2 Å². The number of rotatable bonds is 10. The third-order valence-electron chi connectivity index (χ3n) is 5.86. The Morgan fingerprint density at radius 1 is 1.06 bits per heavy atom. The fraction of sp³-hybridized carbons (Fsp3) is 0.385. The van der Waals surface area contributed by atoms with Gasteiger partial charge in [0.2, 0.25) is 0 Å². The molecule has 3 rings (SSSR count). The van der Waals surface area contributed by atoms with Gasteiger partial charge in [-0.1, -0.05) is 26.0 Å². The summed E-state index contributed by atoms with van der Waals surface area (Å²) in [5.74, 6) is 0.792. The second-order valence-corrected chi connectivity index (χ2v) is 8.56. The maximum absolute atomic E-state index is 12.8. The summed E-state index contributed by atoms with van der Waals surface area (Å²) in [5, 5.41) is 4.94. The van der Waals surface area contributed by atoms with Crippen molar-refractivity contribution in [1.29, 1.82) is 0 Å². The first-order valence-electron chi connectivity index (χ1n) is 11.5. The number of methoxy groups -OCH3 is 1. The van der Waals surface area contributed by atoms with Crippen LogP contribution < -0.4 is 15.6 Å². The van der Waals surface area contributed by atoms with Crippen LogP contribution in [0.3, 0.4) is 0 Å². The molecule has 0 radical (unpaired) electrons. The van der Waals surface area contributed by atoms with Gasteiger partial charge in [-0.2, -0.15) is 0 Å². The molecule has 0 amide bonds. The van der Waals surface area contributed by atoms with Gasteiger partial charge < -0.3 is 24.8 Å². The van der Waals surface area contributed by atoms with Crippen LogP contribution in [-0.2, 0) is 6.54 Å². The maximum atomic E-state index is 12.8. The summed E-state index contributed by atoms with van der Waals surface area (Å²) < 4.78 is 5.24. The smallest absolute Gasteiger partial charge is 0.253 e. The Hall–Kier alpha value is -2.90. The molecule has 0 aliphatic carbocycles. The van der Waals surface area contributed by atoms with Gasteiger partial charge in [-0.05, 0) is 92.5 Å². The number of ether oxygens (including phenoxy) is 1. The van der Waals surface area contributed by atoms with Crippen molar-refractivity contribution >= 4 is 33.9 Å². The summed E-state index contributed by atoms with van der Waals surface area (Å²) in [5.41, 5.74) is 3.49. The lowest BCUT2D eigenvalue weighted by Gasteiger charge is -2.27. The van der Waals surface area contributed by atoms with Crippen molar-refractivity contribution in [2.24, 2.45) is 0 Å². The third-order valence-corrected chi connectivity index (χ3v) is 6.23. The number of thiocarbonyl (C=S) groups is 1. The van der Waals surface area contributed by atoms with Gasteiger partial charge >= 0.3 is 0 Å². The van der Waals surface area contributed by atoms with Crippen molar-refractivity contribution < 1.29 is 4.74 Å². The Balaban J connectivity index is 1.80. The first-order chi connectivity index (χ1) is 15.9. The van der Waals surface area contributed by atoms with E-state index in [-0.39, 0.29) is 5.56 Å². The molecule has 2 N–H and O–H groups in total.